The molecule has 2 aromatic rings. The zero-order chi connectivity index (χ0) is 26.5. The van der Waals surface area contributed by atoms with E-state index < -0.39 is 42.2 Å². The maximum absolute atomic E-state index is 13.2. The highest BCUT2D eigenvalue weighted by molar-refractivity contribution is 9.10. The fourth-order valence-electron chi connectivity index (χ4n) is 3.37. The molecule has 0 spiro atoms. The molecule has 1 aliphatic heterocycles. The third-order valence-corrected chi connectivity index (χ3v) is 5.42. The summed E-state index contributed by atoms with van der Waals surface area (Å²) in [5.41, 5.74) is -0.248. The molecule has 36 heavy (non-hydrogen) atoms. The number of amides is 1. The van der Waals surface area contributed by atoms with Crippen LogP contribution < -0.4 is 21.3 Å². The van der Waals surface area contributed by atoms with E-state index in [-0.39, 0.29) is 28.9 Å². The van der Waals surface area contributed by atoms with Crippen molar-refractivity contribution in [2.24, 2.45) is 4.99 Å². The second-order valence-electron chi connectivity index (χ2n) is 7.96. The van der Waals surface area contributed by atoms with Gasteiger partial charge in [-0.15, -0.1) is 0 Å². The van der Waals surface area contributed by atoms with Crippen LogP contribution in [0.5, 0.6) is 5.75 Å². The predicted molar refractivity (Wildman–Crippen MR) is 129 cm³/mol. The van der Waals surface area contributed by atoms with Gasteiger partial charge in [0.15, 0.2) is 5.96 Å². The molecule has 7 N–H and O–H groups in total. The van der Waals surface area contributed by atoms with Gasteiger partial charge in [-0.25, -0.2) is 0 Å². The number of rotatable bonds is 8. The van der Waals surface area contributed by atoms with Crippen LogP contribution >= 0.6 is 15.9 Å². The maximum Gasteiger partial charge on any atom is 0.416 e. The van der Waals surface area contributed by atoms with Gasteiger partial charge in [0.2, 0.25) is 5.91 Å². The monoisotopic (exact) mass is 573 g/mol. The fraction of sp³-hybridized carbons (Fsp3) is 0.318. The minimum atomic E-state index is -4.66. The molecule has 1 heterocycles. The number of hydrogen-bond acceptors (Lipinski definition) is 8. The Hall–Kier alpha value is -3.52. The summed E-state index contributed by atoms with van der Waals surface area (Å²) >= 11 is 2.99. The fourth-order valence-corrected chi connectivity index (χ4v) is 3.88. The summed E-state index contributed by atoms with van der Waals surface area (Å²) in [6.45, 7) is 0.153. The van der Waals surface area contributed by atoms with Crippen molar-refractivity contribution in [3.63, 3.8) is 0 Å². The number of anilines is 2. The van der Waals surface area contributed by atoms with Crippen LogP contribution in [0.15, 0.2) is 45.9 Å². The number of hydrogen-bond donors (Lipinski definition) is 7. The Morgan fingerprint density at radius 1 is 1.17 bits per heavy atom. The number of nitrogens with zero attached hydrogens (tertiary/aromatic N) is 1. The number of carboxylic acids is 1. The number of aliphatic hydroxyl groups excluding tert-OH is 1. The van der Waals surface area contributed by atoms with Crippen LogP contribution in [0.3, 0.4) is 0 Å². The molecule has 10 nitrogen and oxygen atoms in total. The minimum Gasteiger partial charge on any atom is -0.508 e. The van der Waals surface area contributed by atoms with Gasteiger partial charge in [-0.2, -0.15) is 13.2 Å². The van der Waals surface area contributed by atoms with Crippen LogP contribution in [0.1, 0.15) is 23.6 Å². The second kappa shape index (κ2) is 11.5. The lowest BCUT2D eigenvalue weighted by Gasteiger charge is -2.21. The molecule has 14 heteroatoms. The lowest BCUT2D eigenvalue weighted by atomic mass is 10.0. The summed E-state index contributed by atoms with van der Waals surface area (Å²) in [4.78, 5) is 27.9. The van der Waals surface area contributed by atoms with Crippen molar-refractivity contribution < 1.29 is 38.1 Å². The molecule has 3 rings (SSSR count). The molecular weight excluding hydrogens is 551 g/mol. The molecule has 0 fully saturated rings. The molecule has 194 valence electrons. The van der Waals surface area contributed by atoms with Gasteiger partial charge >= 0.3 is 12.1 Å². The summed E-state index contributed by atoms with van der Waals surface area (Å²) < 4.78 is 39.7. The van der Waals surface area contributed by atoms with Gasteiger partial charge in [-0.05, 0) is 29.8 Å². The first kappa shape index (κ1) is 27.1. The Labute approximate surface area is 211 Å². The number of aliphatic imine (C=N–C) groups is 1. The van der Waals surface area contributed by atoms with Gasteiger partial charge in [0, 0.05) is 34.5 Å². The van der Waals surface area contributed by atoms with Gasteiger partial charge in [0.1, 0.15) is 5.75 Å². The average Bonchev–Trinajstić information content (AvgIpc) is 2.77. The highest BCUT2D eigenvalue weighted by Crippen LogP contribution is 2.34. The molecule has 0 bridgehead atoms. The van der Waals surface area contributed by atoms with E-state index in [2.05, 4.69) is 42.2 Å². The number of carbonyl (C=O) groups is 2. The number of phenols is 1. The number of alkyl halides is 3. The van der Waals surface area contributed by atoms with Crippen molar-refractivity contribution in [3.05, 3.63) is 52.0 Å². The summed E-state index contributed by atoms with van der Waals surface area (Å²) in [6.07, 6.45) is -5.89. The standard InChI is InChI=1S/C22H23BrF3N5O5/c23-13-2-11(1-12(3-13)22(24,25)26)18(7-20(35)36)31-19(34)10-27-14-4-15(6-16(32)5-14)30-21-28-8-17(33)9-29-21/h1-6,17-18,27,32-33H,7-10H2,(H,31,34)(H,35,36)(H2,28,29,30)/t18-/m0/s1. The first-order chi connectivity index (χ1) is 16.9. The van der Waals surface area contributed by atoms with Crippen molar-refractivity contribution in [2.75, 3.05) is 30.3 Å². The van der Waals surface area contributed by atoms with Crippen molar-refractivity contribution in [1.29, 1.82) is 0 Å². The number of aliphatic hydroxyl groups is 1. The number of aliphatic carboxylic acids is 1. The van der Waals surface area contributed by atoms with E-state index in [4.69, 9.17) is 0 Å². The topological polar surface area (TPSA) is 155 Å². The largest absolute Gasteiger partial charge is 0.508 e. The SMILES string of the molecule is O=C(O)C[C@H](NC(=O)CNc1cc(O)cc(NC2=NCC(O)CN2)c1)c1cc(Br)cc(C(F)(F)F)c1. The van der Waals surface area contributed by atoms with Crippen molar-refractivity contribution >= 4 is 45.1 Å². The number of β-amino-alcohol motifs (C(OH)–C–C–N with tert-alkyl or cyclic N) is 1. The number of nitrogens with one attached hydrogen (secondary N) is 4. The molecule has 0 saturated heterocycles. The number of carbonyl (C=O) groups excluding carboxylic acids is 1. The van der Waals surface area contributed by atoms with E-state index in [1.54, 1.807) is 6.07 Å². The third-order valence-electron chi connectivity index (χ3n) is 4.96. The van der Waals surface area contributed by atoms with Crippen molar-refractivity contribution in [3.8, 4) is 5.75 Å². The first-order valence-electron chi connectivity index (χ1n) is 10.6. The molecule has 1 aliphatic rings. The zero-order valence-electron chi connectivity index (χ0n) is 18.6. The van der Waals surface area contributed by atoms with Gasteiger partial charge in [0.05, 0.1) is 37.2 Å². The first-order valence-corrected chi connectivity index (χ1v) is 11.4. The van der Waals surface area contributed by atoms with Crippen LogP contribution in [0.25, 0.3) is 0 Å². The number of phenolic OH excluding ortho intramolecular Hbond substituents is 1. The molecule has 1 unspecified atom stereocenters. The summed E-state index contributed by atoms with van der Waals surface area (Å²) in [7, 11) is 0. The Balaban J connectivity index is 1.68. The Morgan fingerprint density at radius 2 is 1.89 bits per heavy atom. The summed E-state index contributed by atoms with van der Waals surface area (Å²) in [5.74, 6) is -1.73. The van der Waals surface area contributed by atoms with E-state index in [1.165, 1.54) is 18.2 Å². The zero-order valence-corrected chi connectivity index (χ0v) is 20.2. The van der Waals surface area contributed by atoms with Crippen LogP contribution in [0, 0.1) is 0 Å². The molecule has 0 radical (unpaired) electrons. The number of guanidine groups is 1. The molecule has 2 atom stereocenters. The number of carboxylic acid groups (broad SMARTS) is 1. The Kier molecular flexibility index (Phi) is 8.63. The van der Waals surface area contributed by atoms with E-state index >= 15 is 0 Å². The smallest absolute Gasteiger partial charge is 0.416 e. The average molecular weight is 574 g/mol. The van der Waals surface area contributed by atoms with E-state index in [9.17, 15) is 38.1 Å². The van der Waals surface area contributed by atoms with Crippen molar-refractivity contribution in [1.82, 2.24) is 10.6 Å². The number of benzene rings is 2. The van der Waals surface area contributed by atoms with Gasteiger partial charge in [0.25, 0.3) is 0 Å². The third kappa shape index (κ3) is 8.02. The van der Waals surface area contributed by atoms with E-state index in [1.807, 2.05) is 0 Å². The quantitative estimate of drug-likeness (QED) is 0.254. The summed E-state index contributed by atoms with van der Waals surface area (Å²) in [6, 6.07) is 6.06. The molecule has 0 aliphatic carbocycles. The number of aromatic hydroxyl groups is 1. The van der Waals surface area contributed by atoms with Gasteiger partial charge in [-0.1, -0.05) is 15.9 Å². The molecular formula is C22H23BrF3N5O5. The second-order valence-corrected chi connectivity index (χ2v) is 8.88. The van der Waals surface area contributed by atoms with Crippen LogP contribution in [-0.4, -0.2) is 58.9 Å². The molecule has 2 aromatic carbocycles. The maximum atomic E-state index is 13.2. The van der Waals surface area contributed by atoms with E-state index in [0.717, 1.165) is 12.1 Å². The lowest BCUT2D eigenvalue weighted by molar-refractivity contribution is -0.138. The van der Waals surface area contributed by atoms with Gasteiger partial charge < -0.3 is 36.6 Å². The predicted octanol–water partition coefficient (Wildman–Crippen LogP) is 2.65. The number of halogens is 4. The van der Waals surface area contributed by atoms with Crippen LogP contribution in [-0.2, 0) is 15.8 Å². The van der Waals surface area contributed by atoms with E-state index in [0.29, 0.717) is 23.9 Å². The highest BCUT2D eigenvalue weighted by Gasteiger charge is 2.32. The summed E-state index contributed by atoms with van der Waals surface area (Å²) in [5, 5.41) is 39.7. The van der Waals surface area contributed by atoms with Gasteiger partial charge in [-0.3, -0.25) is 14.6 Å². The molecule has 1 amide bonds. The molecule has 0 saturated carbocycles. The van der Waals surface area contributed by atoms with Crippen LogP contribution in [0.4, 0.5) is 24.5 Å². The highest BCUT2D eigenvalue weighted by atomic mass is 79.9. The minimum absolute atomic E-state index is 0.0258. The Bertz CT molecular complexity index is 1160. The molecule has 0 aromatic heterocycles. The van der Waals surface area contributed by atoms with Crippen LogP contribution in [0.2, 0.25) is 0 Å². The van der Waals surface area contributed by atoms with Crippen molar-refractivity contribution in [2.45, 2.75) is 24.7 Å². The Morgan fingerprint density at radius 3 is 2.53 bits per heavy atom. The lowest BCUT2D eigenvalue weighted by Crippen LogP contribution is -2.42. The normalized spacial score (nSPS) is 16.4.